The first kappa shape index (κ1) is 17.0. The third-order valence-corrected chi connectivity index (χ3v) is 5.38. The first-order valence-corrected chi connectivity index (χ1v) is 9.02. The predicted octanol–water partition coefficient (Wildman–Crippen LogP) is 2.15. The number of carbonyl (C=O) groups excluding carboxylic acids is 2. The van der Waals surface area contributed by atoms with Gasteiger partial charge in [-0.25, -0.2) is 0 Å². The number of carbonyl (C=O) groups is 2. The molecule has 0 saturated carbocycles. The smallest absolute Gasteiger partial charge is 0.248 e. The Morgan fingerprint density at radius 3 is 2.67 bits per heavy atom. The van der Waals surface area contributed by atoms with Crippen molar-refractivity contribution in [2.45, 2.75) is 57.7 Å². The second kappa shape index (κ2) is 7.34. The Kier molecular flexibility index (Phi) is 5.19. The Morgan fingerprint density at radius 2 is 1.92 bits per heavy atom. The number of hydrogen-bond acceptors (Lipinski definition) is 3. The molecule has 24 heavy (non-hydrogen) atoms. The Bertz CT molecular complexity index is 616. The van der Waals surface area contributed by atoms with Gasteiger partial charge < -0.3 is 10.6 Å². The van der Waals surface area contributed by atoms with Gasteiger partial charge in [-0.05, 0) is 49.9 Å². The van der Waals surface area contributed by atoms with Crippen LogP contribution in [0.5, 0.6) is 0 Å². The van der Waals surface area contributed by atoms with Crippen LogP contribution in [0.3, 0.4) is 0 Å². The van der Waals surface area contributed by atoms with E-state index in [-0.39, 0.29) is 11.8 Å². The molecule has 2 aliphatic rings. The molecule has 2 amide bonds. The molecular weight excluding hydrogens is 302 g/mol. The summed E-state index contributed by atoms with van der Waals surface area (Å²) in [6.45, 7) is 4.71. The highest BCUT2D eigenvalue weighted by Gasteiger charge is 2.39. The summed E-state index contributed by atoms with van der Waals surface area (Å²) in [5.41, 5.74) is 7.07. The quantitative estimate of drug-likeness (QED) is 0.900. The summed E-state index contributed by atoms with van der Waals surface area (Å²) in [6, 6.07) is 8.36. The van der Waals surface area contributed by atoms with E-state index in [2.05, 4.69) is 9.80 Å². The van der Waals surface area contributed by atoms with Gasteiger partial charge >= 0.3 is 0 Å². The van der Waals surface area contributed by atoms with E-state index < -0.39 is 0 Å². The third kappa shape index (κ3) is 3.46. The van der Waals surface area contributed by atoms with Gasteiger partial charge in [0.05, 0.1) is 0 Å². The molecule has 0 aliphatic carbocycles. The molecule has 2 heterocycles. The number of primary amides is 1. The van der Waals surface area contributed by atoms with Crippen molar-refractivity contribution in [2.75, 3.05) is 13.1 Å². The van der Waals surface area contributed by atoms with Gasteiger partial charge in [0.1, 0.15) is 0 Å². The highest BCUT2D eigenvalue weighted by molar-refractivity contribution is 5.92. The lowest BCUT2D eigenvalue weighted by Gasteiger charge is -2.35. The van der Waals surface area contributed by atoms with Crippen LogP contribution in [-0.2, 0) is 11.3 Å². The van der Waals surface area contributed by atoms with Crippen molar-refractivity contribution in [2.24, 2.45) is 5.73 Å². The first-order chi connectivity index (χ1) is 11.6. The van der Waals surface area contributed by atoms with Crippen molar-refractivity contribution in [3.63, 3.8) is 0 Å². The van der Waals surface area contributed by atoms with Crippen molar-refractivity contribution in [1.82, 2.24) is 9.80 Å². The normalized spacial score (nSPS) is 24.5. The number of nitrogens with two attached hydrogens (primary N) is 1. The van der Waals surface area contributed by atoms with Crippen LogP contribution >= 0.6 is 0 Å². The van der Waals surface area contributed by atoms with Gasteiger partial charge in [-0.2, -0.15) is 0 Å². The van der Waals surface area contributed by atoms with E-state index in [1.807, 2.05) is 25.1 Å². The number of likely N-dealkylation sites (tertiary alicyclic amines) is 2. The molecule has 0 radical (unpaired) electrons. The van der Waals surface area contributed by atoms with Gasteiger partial charge in [-0.15, -0.1) is 0 Å². The maximum absolute atomic E-state index is 12.2. The van der Waals surface area contributed by atoms with E-state index in [0.29, 0.717) is 24.1 Å². The van der Waals surface area contributed by atoms with E-state index in [0.717, 1.165) is 44.5 Å². The summed E-state index contributed by atoms with van der Waals surface area (Å²) in [5, 5.41) is 0. The maximum atomic E-state index is 12.2. The van der Waals surface area contributed by atoms with Gasteiger partial charge in [0.25, 0.3) is 0 Å². The molecule has 130 valence electrons. The highest BCUT2D eigenvalue weighted by Crippen LogP contribution is 2.31. The molecule has 2 atom stereocenters. The Labute approximate surface area is 143 Å². The number of benzene rings is 1. The van der Waals surface area contributed by atoms with Gasteiger partial charge in [-0.1, -0.05) is 19.1 Å². The van der Waals surface area contributed by atoms with Gasteiger partial charge in [-0.3, -0.25) is 14.5 Å². The molecule has 1 aromatic carbocycles. The third-order valence-electron chi connectivity index (χ3n) is 5.38. The Morgan fingerprint density at radius 1 is 1.17 bits per heavy atom. The summed E-state index contributed by atoms with van der Waals surface area (Å²) in [6.07, 6.45) is 5.12. The Hall–Kier alpha value is -1.88. The molecule has 2 saturated heterocycles. The van der Waals surface area contributed by atoms with Crippen LogP contribution in [0.4, 0.5) is 0 Å². The van der Waals surface area contributed by atoms with Crippen molar-refractivity contribution in [3.05, 3.63) is 35.4 Å². The fourth-order valence-electron chi connectivity index (χ4n) is 4.25. The molecular formula is C19H27N3O2. The van der Waals surface area contributed by atoms with Crippen LogP contribution in [0, 0.1) is 0 Å². The van der Waals surface area contributed by atoms with Crippen molar-refractivity contribution < 1.29 is 9.59 Å². The van der Waals surface area contributed by atoms with Crippen LogP contribution in [-0.4, -0.2) is 46.8 Å². The van der Waals surface area contributed by atoms with Gasteiger partial charge in [0, 0.05) is 37.2 Å². The van der Waals surface area contributed by atoms with Gasteiger partial charge in [0.15, 0.2) is 0 Å². The molecule has 1 aromatic rings. The summed E-state index contributed by atoms with van der Waals surface area (Å²) in [4.78, 5) is 28.2. The van der Waals surface area contributed by atoms with E-state index in [1.165, 1.54) is 6.42 Å². The minimum atomic E-state index is -0.384. The largest absolute Gasteiger partial charge is 0.366 e. The molecule has 5 nitrogen and oxygen atoms in total. The number of hydrogen-bond donors (Lipinski definition) is 1. The maximum Gasteiger partial charge on any atom is 0.248 e. The van der Waals surface area contributed by atoms with Crippen LogP contribution in [0.1, 0.15) is 54.9 Å². The fourth-order valence-corrected chi connectivity index (χ4v) is 4.25. The fraction of sp³-hybridized carbons (Fsp3) is 0.579. The lowest BCUT2D eigenvalue weighted by molar-refractivity contribution is -0.132. The van der Waals surface area contributed by atoms with E-state index in [4.69, 9.17) is 5.73 Å². The second-order valence-electron chi connectivity index (χ2n) is 6.89. The summed E-state index contributed by atoms with van der Waals surface area (Å²) >= 11 is 0. The minimum Gasteiger partial charge on any atom is -0.366 e. The molecule has 2 fully saturated rings. The Balaban J connectivity index is 1.73. The molecule has 0 unspecified atom stereocenters. The average molecular weight is 329 g/mol. The summed E-state index contributed by atoms with van der Waals surface area (Å²) in [5.74, 6) is -0.106. The van der Waals surface area contributed by atoms with E-state index in [1.54, 1.807) is 6.07 Å². The molecule has 5 heteroatoms. The monoisotopic (exact) mass is 329 g/mol. The first-order valence-electron chi connectivity index (χ1n) is 9.02. The SMILES string of the molecule is CCC(=O)N1CCC[C@H]1[C@H]1CCCN1Cc1cccc(C(N)=O)c1. The van der Waals surface area contributed by atoms with Gasteiger partial charge in [0.2, 0.25) is 11.8 Å². The topological polar surface area (TPSA) is 66.6 Å². The van der Waals surface area contributed by atoms with E-state index in [9.17, 15) is 9.59 Å². The standard InChI is InChI=1S/C19H27N3O2/c1-2-18(23)22-11-5-9-17(22)16-8-4-10-21(16)13-14-6-3-7-15(12-14)19(20)24/h3,6-7,12,16-17H,2,4-5,8-11,13H2,1H3,(H2,20,24)/t16-,17+/m1/s1. The van der Waals surface area contributed by atoms with Crippen molar-refractivity contribution in [3.8, 4) is 0 Å². The number of amides is 2. The zero-order valence-electron chi connectivity index (χ0n) is 14.4. The van der Waals surface area contributed by atoms with Crippen LogP contribution < -0.4 is 5.73 Å². The van der Waals surface area contributed by atoms with Crippen LogP contribution in [0.15, 0.2) is 24.3 Å². The van der Waals surface area contributed by atoms with Crippen molar-refractivity contribution >= 4 is 11.8 Å². The summed E-state index contributed by atoms with van der Waals surface area (Å²) in [7, 11) is 0. The summed E-state index contributed by atoms with van der Waals surface area (Å²) < 4.78 is 0. The zero-order chi connectivity index (χ0) is 17.1. The van der Waals surface area contributed by atoms with Crippen LogP contribution in [0.25, 0.3) is 0 Å². The lowest BCUT2D eigenvalue weighted by atomic mass is 10.0. The van der Waals surface area contributed by atoms with E-state index >= 15 is 0 Å². The molecule has 0 spiro atoms. The highest BCUT2D eigenvalue weighted by atomic mass is 16.2. The number of nitrogens with zero attached hydrogens (tertiary/aromatic N) is 2. The molecule has 2 aliphatic heterocycles. The minimum absolute atomic E-state index is 0.278. The van der Waals surface area contributed by atoms with Crippen molar-refractivity contribution in [1.29, 1.82) is 0 Å². The second-order valence-corrected chi connectivity index (χ2v) is 6.89. The molecule has 0 aromatic heterocycles. The predicted molar refractivity (Wildman–Crippen MR) is 93.4 cm³/mol. The lowest BCUT2D eigenvalue weighted by Crippen LogP contribution is -2.47. The van der Waals surface area contributed by atoms with Crippen LogP contribution in [0.2, 0.25) is 0 Å². The molecule has 2 N–H and O–H groups in total. The zero-order valence-corrected chi connectivity index (χ0v) is 14.4. The molecule has 3 rings (SSSR count). The number of rotatable bonds is 5. The average Bonchev–Trinajstić information content (AvgIpc) is 3.23. The molecule has 0 bridgehead atoms.